The highest BCUT2D eigenvalue weighted by Gasteiger charge is 2.24. The average Bonchev–Trinajstić information content (AvgIpc) is 2.71. The summed E-state index contributed by atoms with van der Waals surface area (Å²) in [5.41, 5.74) is 2.86. The van der Waals surface area contributed by atoms with Gasteiger partial charge in [0.2, 0.25) is 0 Å². The molecule has 0 bridgehead atoms. The summed E-state index contributed by atoms with van der Waals surface area (Å²) in [6, 6.07) is 1.84. The van der Waals surface area contributed by atoms with Crippen molar-refractivity contribution in [2.45, 2.75) is 46.0 Å². The van der Waals surface area contributed by atoms with Crippen molar-refractivity contribution in [2.75, 3.05) is 0 Å². The summed E-state index contributed by atoms with van der Waals surface area (Å²) < 4.78 is 1.81. The van der Waals surface area contributed by atoms with E-state index in [4.69, 9.17) is 11.6 Å². The van der Waals surface area contributed by atoms with Crippen LogP contribution in [0.3, 0.4) is 0 Å². The molecule has 0 aliphatic rings. The zero-order chi connectivity index (χ0) is 14.9. The first-order chi connectivity index (χ1) is 9.31. The van der Waals surface area contributed by atoms with Gasteiger partial charge in [-0.05, 0) is 12.5 Å². The van der Waals surface area contributed by atoms with Crippen LogP contribution in [0.4, 0.5) is 0 Å². The Morgan fingerprint density at radius 3 is 2.55 bits per heavy atom. The van der Waals surface area contributed by atoms with Crippen molar-refractivity contribution < 1.29 is 0 Å². The molecule has 0 amide bonds. The molecule has 0 saturated heterocycles. The van der Waals surface area contributed by atoms with E-state index in [-0.39, 0.29) is 5.41 Å². The molecule has 0 spiro atoms. The van der Waals surface area contributed by atoms with Gasteiger partial charge in [-0.25, -0.2) is 9.97 Å². The lowest BCUT2D eigenvalue weighted by Gasteiger charge is -2.17. The van der Waals surface area contributed by atoms with Gasteiger partial charge in [-0.3, -0.25) is 4.68 Å². The first-order valence-corrected chi connectivity index (χ1v) is 7.27. The SMILES string of the molecule is CCCc1cc(Cl)nc(-c2cn(C)nc2C(C)(C)C)n1. The quantitative estimate of drug-likeness (QED) is 0.809. The summed E-state index contributed by atoms with van der Waals surface area (Å²) in [5, 5.41) is 5.05. The van der Waals surface area contributed by atoms with Gasteiger partial charge in [0.1, 0.15) is 5.15 Å². The summed E-state index contributed by atoms with van der Waals surface area (Å²) in [5.74, 6) is 0.666. The predicted octanol–water partition coefficient (Wildman–Crippen LogP) is 3.78. The molecule has 0 fully saturated rings. The molecule has 4 nitrogen and oxygen atoms in total. The van der Waals surface area contributed by atoms with Crippen LogP contribution in [0.5, 0.6) is 0 Å². The Bertz CT molecular complexity index is 611. The minimum Gasteiger partial charge on any atom is -0.275 e. The fourth-order valence-electron chi connectivity index (χ4n) is 2.17. The van der Waals surface area contributed by atoms with Gasteiger partial charge in [0, 0.05) is 24.4 Å². The molecular formula is C15H21ClN4. The molecule has 0 radical (unpaired) electrons. The Labute approximate surface area is 125 Å². The second-order valence-electron chi connectivity index (χ2n) is 6.07. The van der Waals surface area contributed by atoms with Crippen LogP contribution in [0.2, 0.25) is 5.15 Å². The van der Waals surface area contributed by atoms with E-state index in [1.54, 1.807) is 4.68 Å². The van der Waals surface area contributed by atoms with E-state index < -0.39 is 0 Å². The number of hydrogen-bond donors (Lipinski definition) is 0. The standard InChI is InChI=1S/C15H21ClN4/c1-6-7-10-8-12(16)18-14(17-10)11-9-20(5)19-13(11)15(2,3)4/h8-9H,6-7H2,1-5H3. The Hall–Kier alpha value is -1.42. The van der Waals surface area contributed by atoms with Gasteiger partial charge < -0.3 is 0 Å². The van der Waals surface area contributed by atoms with Crippen LogP contribution in [0.25, 0.3) is 11.4 Å². The van der Waals surface area contributed by atoms with E-state index in [1.807, 2.05) is 19.3 Å². The zero-order valence-corrected chi connectivity index (χ0v) is 13.5. The van der Waals surface area contributed by atoms with E-state index in [0.717, 1.165) is 29.8 Å². The molecule has 108 valence electrons. The van der Waals surface area contributed by atoms with Crippen LogP contribution < -0.4 is 0 Å². The summed E-state index contributed by atoms with van der Waals surface area (Å²) in [6.07, 6.45) is 3.90. The van der Waals surface area contributed by atoms with Gasteiger partial charge in [0.05, 0.1) is 11.3 Å². The maximum atomic E-state index is 6.13. The lowest BCUT2D eigenvalue weighted by atomic mass is 9.89. The van der Waals surface area contributed by atoms with Crippen molar-refractivity contribution in [3.8, 4) is 11.4 Å². The van der Waals surface area contributed by atoms with E-state index in [1.165, 1.54) is 0 Å². The van der Waals surface area contributed by atoms with Gasteiger partial charge in [-0.1, -0.05) is 45.7 Å². The summed E-state index contributed by atoms with van der Waals surface area (Å²) in [6.45, 7) is 8.53. The average molecular weight is 293 g/mol. The number of halogens is 1. The molecule has 0 N–H and O–H groups in total. The molecule has 2 aromatic rings. The van der Waals surface area contributed by atoms with Gasteiger partial charge in [0.25, 0.3) is 0 Å². The van der Waals surface area contributed by atoms with E-state index >= 15 is 0 Å². The molecule has 0 unspecified atom stereocenters. The molecule has 0 aliphatic heterocycles. The third-order valence-corrected chi connectivity index (χ3v) is 3.23. The molecular weight excluding hydrogens is 272 g/mol. The molecule has 0 saturated carbocycles. The van der Waals surface area contributed by atoms with E-state index in [9.17, 15) is 0 Å². The third kappa shape index (κ3) is 3.18. The lowest BCUT2D eigenvalue weighted by molar-refractivity contribution is 0.554. The van der Waals surface area contributed by atoms with Crippen molar-refractivity contribution in [1.29, 1.82) is 0 Å². The normalized spacial score (nSPS) is 11.9. The summed E-state index contributed by atoms with van der Waals surface area (Å²) in [4.78, 5) is 9.01. The van der Waals surface area contributed by atoms with Crippen LogP contribution in [0.15, 0.2) is 12.3 Å². The van der Waals surface area contributed by atoms with Gasteiger partial charge >= 0.3 is 0 Å². The largest absolute Gasteiger partial charge is 0.275 e. The highest BCUT2D eigenvalue weighted by atomic mass is 35.5. The van der Waals surface area contributed by atoms with E-state index in [2.05, 4.69) is 42.8 Å². The molecule has 20 heavy (non-hydrogen) atoms. The monoisotopic (exact) mass is 292 g/mol. The smallest absolute Gasteiger partial charge is 0.164 e. The summed E-state index contributed by atoms with van der Waals surface area (Å²) >= 11 is 6.13. The lowest BCUT2D eigenvalue weighted by Crippen LogP contribution is -2.14. The number of aromatic nitrogens is 4. The van der Waals surface area contributed by atoms with Crippen molar-refractivity contribution in [2.24, 2.45) is 7.05 Å². The first kappa shape index (κ1) is 15.0. The number of rotatable bonds is 3. The molecule has 2 aromatic heterocycles. The molecule has 0 atom stereocenters. The van der Waals surface area contributed by atoms with Crippen LogP contribution in [0, 0.1) is 0 Å². The van der Waals surface area contributed by atoms with Crippen molar-refractivity contribution in [3.63, 3.8) is 0 Å². The van der Waals surface area contributed by atoms with Crippen LogP contribution >= 0.6 is 11.6 Å². The minimum atomic E-state index is -0.0623. The molecule has 0 aliphatic carbocycles. The Morgan fingerprint density at radius 2 is 1.95 bits per heavy atom. The maximum Gasteiger partial charge on any atom is 0.164 e. The highest BCUT2D eigenvalue weighted by Crippen LogP contribution is 2.30. The second-order valence-corrected chi connectivity index (χ2v) is 6.46. The maximum absolute atomic E-state index is 6.13. The van der Waals surface area contributed by atoms with Crippen LogP contribution in [0.1, 0.15) is 45.5 Å². The van der Waals surface area contributed by atoms with E-state index in [0.29, 0.717) is 11.0 Å². The fraction of sp³-hybridized carbons (Fsp3) is 0.533. The van der Waals surface area contributed by atoms with Gasteiger partial charge in [-0.15, -0.1) is 0 Å². The van der Waals surface area contributed by atoms with Crippen LogP contribution in [-0.4, -0.2) is 19.7 Å². The second kappa shape index (κ2) is 5.52. The van der Waals surface area contributed by atoms with Crippen molar-refractivity contribution in [3.05, 3.63) is 28.8 Å². The van der Waals surface area contributed by atoms with Crippen molar-refractivity contribution >= 4 is 11.6 Å². The first-order valence-electron chi connectivity index (χ1n) is 6.89. The predicted molar refractivity (Wildman–Crippen MR) is 81.9 cm³/mol. The van der Waals surface area contributed by atoms with Crippen molar-refractivity contribution in [1.82, 2.24) is 19.7 Å². The topological polar surface area (TPSA) is 43.6 Å². The molecule has 0 aromatic carbocycles. The van der Waals surface area contributed by atoms with Gasteiger partial charge in [-0.2, -0.15) is 5.10 Å². The zero-order valence-electron chi connectivity index (χ0n) is 12.7. The Morgan fingerprint density at radius 1 is 1.25 bits per heavy atom. The van der Waals surface area contributed by atoms with Crippen LogP contribution in [-0.2, 0) is 18.9 Å². The number of aryl methyl sites for hydroxylation is 2. The third-order valence-electron chi connectivity index (χ3n) is 3.03. The minimum absolute atomic E-state index is 0.0623. The molecule has 2 rings (SSSR count). The number of hydrogen-bond acceptors (Lipinski definition) is 3. The Kier molecular flexibility index (Phi) is 4.14. The fourth-order valence-corrected chi connectivity index (χ4v) is 2.38. The molecule has 5 heteroatoms. The highest BCUT2D eigenvalue weighted by molar-refractivity contribution is 6.29. The summed E-state index contributed by atoms with van der Waals surface area (Å²) in [7, 11) is 1.91. The Balaban J connectivity index is 2.56. The van der Waals surface area contributed by atoms with Gasteiger partial charge in [0.15, 0.2) is 5.82 Å². The molecule has 2 heterocycles. The number of nitrogens with zero attached hydrogens (tertiary/aromatic N) is 4.